The van der Waals surface area contributed by atoms with Crippen molar-refractivity contribution in [2.75, 3.05) is 13.2 Å². The van der Waals surface area contributed by atoms with E-state index in [-0.39, 0.29) is 5.91 Å². The smallest absolute Gasteiger partial charge is 0.219 e. The zero-order chi connectivity index (χ0) is 9.42. The van der Waals surface area contributed by atoms with Gasteiger partial charge in [0.15, 0.2) is 0 Å². The number of carbonyl (C=O) groups is 1. The van der Waals surface area contributed by atoms with E-state index in [2.05, 4.69) is 0 Å². The molecular weight excluding hydrogens is 166 g/mol. The van der Waals surface area contributed by atoms with Gasteiger partial charge in [-0.25, -0.2) is 0 Å². The van der Waals surface area contributed by atoms with Crippen molar-refractivity contribution >= 4 is 5.91 Å². The molecule has 1 saturated carbocycles. The molecule has 0 radical (unpaired) electrons. The van der Waals surface area contributed by atoms with Gasteiger partial charge in [-0.15, -0.1) is 0 Å². The van der Waals surface area contributed by atoms with Gasteiger partial charge in [0, 0.05) is 26.1 Å². The van der Waals surface area contributed by atoms with Crippen LogP contribution in [0, 0.1) is 11.8 Å². The van der Waals surface area contributed by atoms with Crippen LogP contribution in [0.1, 0.15) is 26.2 Å². The molecule has 1 aliphatic heterocycles. The first-order chi connectivity index (χ1) is 6.24. The molecule has 1 N–H and O–H groups in total. The highest BCUT2D eigenvalue weighted by Gasteiger charge is 2.46. The van der Waals surface area contributed by atoms with E-state index in [1.165, 1.54) is 0 Å². The van der Waals surface area contributed by atoms with Crippen molar-refractivity contribution in [3.63, 3.8) is 0 Å². The third-order valence-corrected chi connectivity index (χ3v) is 3.41. The van der Waals surface area contributed by atoms with Crippen LogP contribution in [0.25, 0.3) is 0 Å². The summed E-state index contributed by atoms with van der Waals surface area (Å²) in [6.07, 6.45) is 3.39. The van der Waals surface area contributed by atoms with Gasteiger partial charge in [0.25, 0.3) is 0 Å². The van der Waals surface area contributed by atoms with Crippen LogP contribution < -0.4 is 0 Å². The minimum Gasteiger partial charge on any atom is -0.396 e. The van der Waals surface area contributed by atoms with Gasteiger partial charge < -0.3 is 10.0 Å². The predicted octanol–water partition coefficient (Wildman–Crippen LogP) is 0.626. The summed E-state index contributed by atoms with van der Waals surface area (Å²) in [5.74, 6) is 1.27. The highest BCUT2D eigenvalue weighted by Crippen LogP contribution is 2.45. The number of hydrogen-bond acceptors (Lipinski definition) is 2. The molecule has 1 amide bonds. The fourth-order valence-electron chi connectivity index (χ4n) is 2.58. The van der Waals surface area contributed by atoms with Gasteiger partial charge in [0.2, 0.25) is 5.91 Å². The highest BCUT2D eigenvalue weighted by molar-refractivity contribution is 5.74. The summed E-state index contributed by atoms with van der Waals surface area (Å²) in [7, 11) is 0. The lowest BCUT2D eigenvalue weighted by Crippen LogP contribution is -2.35. The molecule has 0 aromatic rings. The van der Waals surface area contributed by atoms with Gasteiger partial charge in [0.1, 0.15) is 0 Å². The van der Waals surface area contributed by atoms with Crippen molar-refractivity contribution < 1.29 is 9.90 Å². The Kier molecular flexibility index (Phi) is 2.28. The Balaban J connectivity index is 1.95. The van der Waals surface area contributed by atoms with E-state index < -0.39 is 0 Å². The van der Waals surface area contributed by atoms with Gasteiger partial charge in [-0.05, 0) is 31.1 Å². The summed E-state index contributed by atoms with van der Waals surface area (Å²) in [5.41, 5.74) is 0. The van der Waals surface area contributed by atoms with Crippen LogP contribution in [0.5, 0.6) is 0 Å². The molecule has 2 aliphatic rings. The number of likely N-dealkylation sites (tertiary alicyclic amines) is 1. The van der Waals surface area contributed by atoms with Crippen molar-refractivity contribution in [1.29, 1.82) is 0 Å². The Morgan fingerprint density at radius 1 is 1.62 bits per heavy atom. The van der Waals surface area contributed by atoms with Crippen molar-refractivity contribution in [2.24, 2.45) is 11.8 Å². The molecule has 0 spiro atoms. The van der Waals surface area contributed by atoms with E-state index in [1.54, 1.807) is 6.92 Å². The Morgan fingerprint density at radius 2 is 2.38 bits per heavy atom. The maximum absolute atomic E-state index is 11.2. The summed E-state index contributed by atoms with van der Waals surface area (Å²) in [5, 5.41) is 8.96. The molecule has 2 fully saturated rings. The van der Waals surface area contributed by atoms with E-state index in [1.807, 2.05) is 4.90 Å². The second-order valence-corrected chi connectivity index (χ2v) is 4.26. The molecule has 2 rings (SSSR count). The SMILES string of the molecule is CC(=O)N1CCCC1C1CC1CO. The highest BCUT2D eigenvalue weighted by atomic mass is 16.3. The van der Waals surface area contributed by atoms with Crippen molar-refractivity contribution in [3.05, 3.63) is 0 Å². The zero-order valence-electron chi connectivity index (χ0n) is 8.07. The molecule has 0 aromatic heterocycles. The van der Waals surface area contributed by atoms with Crippen LogP contribution in [0.15, 0.2) is 0 Å². The van der Waals surface area contributed by atoms with E-state index in [9.17, 15) is 4.79 Å². The summed E-state index contributed by atoms with van der Waals surface area (Å²) < 4.78 is 0. The normalized spacial score (nSPS) is 38.0. The third-order valence-electron chi connectivity index (χ3n) is 3.41. The van der Waals surface area contributed by atoms with E-state index in [0.29, 0.717) is 24.5 Å². The first kappa shape index (κ1) is 9.00. The Labute approximate surface area is 78.7 Å². The first-order valence-corrected chi connectivity index (χ1v) is 5.12. The van der Waals surface area contributed by atoms with Crippen LogP contribution in [0.3, 0.4) is 0 Å². The average molecular weight is 183 g/mol. The topological polar surface area (TPSA) is 40.5 Å². The fourth-order valence-corrected chi connectivity index (χ4v) is 2.58. The summed E-state index contributed by atoms with van der Waals surface area (Å²) in [4.78, 5) is 13.2. The molecule has 3 heteroatoms. The maximum Gasteiger partial charge on any atom is 0.219 e. The molecule has 3 atom stereocenters. The number of amides is 1. The van der Waals surface area contributed by atoms with E-state index in [0.717, 1.165) is 25.8 Å². The molecular formula is C10H17NO2. The lowest BCUT2D eigenvalue weighted by atomic mass is 10.1. The van der Waals surface area contributed by atoms with Gasteiger partial charge >= 0.3 is 0 Å². The molecule has 3 nitrogen and oxygen atoms in total. The van der Waals surface area contributed by atoms with Crippen LogP contribution in [-0.2, 0) is 4.79 Å². The number of aliphatic hydroxyl groups is 1. The monoisotopic (exact) mass is 183 g/mol. The van der Waals surface area contributed by atoms with Gasteiger partial charge in [0.05, 0.1) is 0 Å². The standard InChI is InChI=1S/C10H17NO2/c1-7(13)11-4-2-3-10(11)9-5-8(9)6-12/h8-10,12H,2-6H2,1H3. The summed E-state index contributed by atoms with van der Waals surface area (Å²) in [6, 6.07) is 0.439. The van der Waals surface area contributed by atoms with Crippen molar-refractivity contribution in [2.45, 2.75) is 32.2 Å². The second kappa shape index (κ2) is 3.29. The molecule has 1 saturated heterocycles. The number of rotatable bonds is 2. The lowest BCUT2D eigenvalue weighted by molar-refractivity contribution is -0.130. The molecule has 74 valence electrons. The summed E-state index contributed by atoms with van der Waals surface area (Å²) in [6.45, 7) is 2.87. The maximum atomic E-state index is 11.2. The van der Waals surface area contributed by atoms with Crippen LogP contribution in [0.4, 0.5) is 0 Å². The quantitative estimate of drug-likeness (QED) is 0.682. The van der Waals surface area contributed by atoms with Gasteiger partial charge in [-0.3, -0.25) is 4.79 Å². The van der Waals surface area contributed by atoms with E-state index in [4.69, 9.17) is 5.11 Å². The van der Waals surface area contributed by atoms with Crippen LogP contribution in [0.2, 0.25) is 0 Å². The first-order valence-electron chi connectivity index (χ1n) is 5.12. The second-order valence-electron chi connectivity index (χ2n) is 4.26. The van der Waals surface area contributed by atoms with Crippen LogP contribution in [-0.4, -0.2) is 35.1 Å². The predicted molar refractivity (Wildman–Crippen MR) is 49.1 cm³/mol. The molecule has 1 heterocycles. The Hall–Kier alpha value is -0.570. The largest absolute Gasteiger partial charge is 0.396 e. The molecule has 0 aromatic carbocycles. The number of carbonyl (C=O) groups excluding carboxylic acids is 1. The minimum absolute atomic E-state index is 0.200. The fraction of sp³-hybridized carbons (Fsp3) is 0.900. The van der Waals surface area contributed by atoms with E-state index >= 15 is 0 Å². The molecule has 3 unspecified atom stereocenters. The number of aliphatic hydroxyl groups excluding tert-OH is 1. The van der Waals surface area contributed by atoms with Gasteiger partial charge in [-0.1, -0.05) is 0 Å². The molecule has 0 bridgehead atoms. The minimum atomic E-state index is 0.200. The number of nitrogens with zero attached hydrogens (tertiary/aromatic N) is 1. The molecule has 1 aliphatic carbocycles. The van der Waals surface area contributed by atoms with Crippen molar-refractivity contribution in [1.82, 2.24) is 4.90 Å². The van der Waals surface area contributed by atoms with Crippen molar-refractivity contribution in [3.8, 4) is 0 Å². The Morgan fingerprint density at radius 3 is 2.92 bits per heavy atom. The Bertz CT molecular complexity index is 217. The van der Waals surface area contributed by atoms with Gasteiger partial charge in [-0.2, -0.15) is 0 Å². The lowest BCUT2D eigenvalue weighted by Gasteiger charge is -2.23. The van der Waals surface area contributed by atoms with Crippen LogP contribution >= 0.6 is 0 Å². The summed E-state index contributed by atoms with van der Waals surface area (Å²) >= 11 is 0. The molecule has 13 heavy (non-hydrogen) atoms. The third kappa shape index (κ3) is 1.57. The zero-order valence-corrected chi connectivity index (χ0v) is 8.07. The average Bonchev–Trinajstić information content (AvgIpc) is 2.72. The number of hydrogen-bond donors (Lipinski definition) is 1.